The third kappa shape index (κ3) is 3.38. The summed E-state index contributed by atoms with van der Waals surface area (Å²) in [7, 11) is 0. The highest BCUT2D eigenvalue weighted by Crippen LogP contribution is 2.35. The number of likely N-dealkylation sites (tertiary alicyclic amines) is 1. The summed E-state index contributed by atoms with van der Waals surface area (Å²) >= 11 is 1.49. The first-order valence-electron chi connectivity index (χ1n) is 8.85. The number of hydrogen-bond donors (Lipinski definition) is 0. The molecule has 0 saturated carbocycles. The average Bonchev–Trinajstić information content (AvgIpc) is 2.97. The molecule has 0 N–H and O–H groups in total. The van der Waals surface area contributed by atoms with Crippen LogP contribution in [0.2, 0.25) is 0 Å². The van der Waals surface area contributed by atoms with Crippen molar-refractivity contribution in [3.63, 3.8) is 0 Å². The molecule has 1 aromatic rings. The molecule has 5 heteroatoms. The Kier molecular flexibility index (Phi) is 4.42. The fourth-order valence-corrected chi connectivity index (χ4v) is 4.27. The summed E-state index contributed by atoms with van der Waals surface area (Å²) in [5.41, 5.74) is 2.06. The molecule has 130 valence electrons. The average molecular weight is 354 g/mol. The molecule has 0 aliphatic carbocycles. The van der Waals surface area contributed by atoms with Crippen LogP contribution in [0.4, 0.5) is 0 Å². The number of carbonyl (C=O) groups excluding carboxylic acids is 1. The molecule has 4 nitrogen and oxygen atoms in total. The SMILES string of the molecule is CC1CCN(C2=NC(=O)/C(=C/C3=Cc4ccccc4OC3C)S2)CC1. The van der Waals surface area contributed by atoms with Gasteiger partial charge in [-0.3, -0.25) is 4.79 Å². The third-order valence-corrected chi connectivity index (χ3v) is 6.02. The number of rotatable bonds is 1. The first-order chi connectivity index (χ1) is 12.1. The molecule has 3 aliphatic heterocycles. The molecule has 1 atom stereocenters. The van der Waals surface area contributed by atoms with Gasteiger partial charge in [-0.2, -0.15) is 4.99 Å². The van der Waals surface area contributed by atoms with Crippen molar-refractivity contribution < 1.29 is 9.53 Å². The van der Waals surface area contributed by atoms with Gasteiger partial charge in [0, 0.05) is 18.7 Å². The van der Waals surface area contributed by atoms with E-state index >= 15 is 0 Å². The van der Waals surface area contributed by atoms with E-state index < -0.39 is 0 Å². The highest BCUT2D eigenvalue weighted by molar-refractivity contribution is 8.18. The Balaban J connectivity index is 1.53. The maximum Gasteiger partial charge on any atom is 0.286 e. The van der Waals surface area contributed by atoms with E-state index in [2.05, 4.69) is 22.9 Å². The van der Waals surface area contributed by atoms with Crippen molar-refractivity contribution in [1.82, 2.24) is 4.90 Å². The molecule has 0 spiro atoms. The zero-order chi connectivity index (χ0) is 17.4. The zero-order valence-corrected chi connectivity index (χ0v) is 15.4. The Morgan fingerprint density at radius 1 is 1.24 bits per heavy atom. The van der Waals surface area contributed by atoms with Crippen LogP contribution in [0.15, 0.2) is 45.8 Å². The van der Waals surface area contributed by atoms with Crippen molar-refractivity contribution >= 4 is 28.9 Å². The number of carbonyl (C=O) groups is 1. The molecule has 0 aromatic heterocycles. The van der Waals surface area contributed by atoms with Crippen LogP contribution in [0.5, 0.6) is 5.75 Å². The van der Waals surface area contributed by atoms with Gasteiger partial charge in [-0.1, -0.05) is 25.1 Å². The second-order valence-electron chi connectivity index (χ2n) is 6.92. The van der Waals surface area contributed by atoms with Gasteiger partial charge in [0.15, 0.2) is 5.17 Å². The standard InChI is InChI=1S/C20H22N2O2S/c1-13-7-9-22(10-8-13)20-21-19(23)18(25-20)12-16-11-15-5-3-4-6-17(15)24-14(16)2/h3-6,11-14H,7-10H2,1-2H3/b18-12-. The van der Waals surface area contributed by atoms with Crippen LogP contribution < -0.4 is 4.74 Å². The fraction of sp³-hybridized carbons (Fsp3) is 0.400. The molecule has 25 heavy (non-hydrogen) atoms. The summed E-state index contributed by atoms with van der Waals surface area (Å²) < 4.78 is 5.96. The lowest BCUT2D eigenvalue weighted by Crippen LogP contribution is -2.35. The van der Waals surface area contributed by atoms with E-state index in [1.54, 1.807) is 0 Å². The summed E-state index contributed by atoms with van der Waals surface area (Å²) in [6.07, 6.45) is 6.30. The third-order valence-electron chi connectivity index (χ3n) is 4.98. The lowest BCUT2D eigenvalue weighted by atomic mass is 10.00. The number of aliphatic imine (C=N–C) groups is 1. The summed E-state index contributed by atoms with van der Waals surface area (Å²) in [6.45, 7) is 6.27. The minimum absolute atomic E-state index is 0.0734. The number of para-hydroxylation sites is 1. The number of thioether (sulfide) groups is 1. The Hall–Kier alpha value is -2.01. The van der Waals surface area contributed by atoms with Gasteiger partial charge in [-0.15, -0.1) is 0 Å². The fourth-order valence-electron chi connectivity index (χ4n) is 3.31. The number of ether oxygens (including phenoxy) is 1. The van der Waals surface area contributed by atoms with Crippen molar-refractivity contribution in [3.05, 3.63) is 46.4 Å². The van der Waals surface area contributed by atoms with Crippen LogP contribution in [-0.2, 0) is 4.79 Å². The largest absolute Gasteiger partial charge is 0.485 e. The van der Waals surface area contributed by atoms with E-state index in [1.807, 2.05) is 37.3 Å². The highest BCUT2D eigenvalue weighted by Gasteiger charge is 2.29. The van der Waals surface area contributed by atoms with Crippen LogP contribution in [0.25, 0.3) is 6.08 Å². The van der Waals surface area contributed by atoms with Crippen molar-refractivity contribution in [2.45, 2.75) is 32.8 Å². The Bertz CT molecular complexity index is 789. The Morgan fingerprint density at radius 3 is 2.80 bits per heavy atom. The number of amides is 1. The molecule has 1 aromatic carbocycles. The minimum atomic E-state index is -0.134. The van der Waals surface area contributed by atoms with Crippen molar-refractivity contribution in [1.29, 1.82) is 0 Å². The van der Waals surface area contributed by atoms with E-state index in [0.29, 0.717) is 4.91 Å². The molecular weight excluding hydrogens is 332 g/mol. The molecule has 3 aliphatic rings. The summed E-state index contributed by atoms with van der Waals surface area (Å²) in [5.74, 6) is 1.52. The van der Waals surface area contributed by atoms with Gasteiger partial charge in [-0.25, -0.2) is 0 Å². The number of amidine groups is 1. The van der Waals surface area contributed by atoms with E-state index in [1.165, 1.54) is 24.6 Å². The predicted molar refractivity (Wildman–Crippen MR) is 103 cm³/mol. The monoisotopic (exact) mass is 354 g/mol. The first-order valence-corrected chi connectivity index (χ1v) is 9.66. The van der Waals surface area contributed by atoms with E-state index in [9.17, 15) is 4.79 Å². The number of benzene rings is 1. The molecule has 1 saturated heterocycles. The Labute approximate surface area is 152 Å². The van der Waals surface area contributed by atoms with Crippen molar-refractivity contribution in [2.75, 3.05) is 13.1 Å². The van der Waals surface area contributed by atoms with Crippen LogP contribution in [0, 0.1) is 5.92 Å². The highest BCUT2D eigenvalue weighted by atomic mass is 32.2. The minimum Gasteiger partial charge on any atom is -0.485 e. The van der Waals surface area contributed by atoms with Gasteiger partial charge >= 0.3 is 0 Å². The predicted octanol–water partition coefficient (Wildman–Crippen LogP) is 4.10. The van der Waals surface area contributed by atoms with Crippen LogP contribution in [-0.4, -0.2) is 35.2 Å². The van der Waals surface area contributed by atoms with Gasteiger partial charge in [0.25, 0.3) is 5.91 Å². The van der Waals surface area contributed by atoms with Crippen molar-refractivity contribution in [2.24, 2.45) is 10.9 Å². The number of piperidine rings is 1. The van der Waals surface area contributed by atoms with E-state index in [4.69, 9.17) is 4.74 Å². The maximum atomic E-state index is 12.3. The molecule has 1 fully saturated rings. The second-order valence-corrected chi connectivity index (χ2v) is 7.93. The van der Waals surface area contributed by atoms with E-state index in [-0.39, 0.29) is 12.0 Å². The van der Waals surface area contributed by atoms with E-state index in [0.717, 1.165) is 41.1 Å². The van der Waals surface area contributed by atoms with Crippen LogP contribution in [0.1, 0.15) is 32.3 Å². The lowest BCUT2D eigenvalue weighted by Gasteiger charge is -2.30. The smallest absolute Gasteiger partial charge is 0.286 e. The molecule has 1 amide bonds. The van der Waals surface area contributed by atoms with Gasteiger partial charge in [-0.05, 0) is 61.2 Å². The van der Waals surface area contributed by atoms with Crippen LogP contribution >= 0.6 is 11.8 Å². The van der Waals surface area contributed by atoms with Crippen LogP contribution in [0.3, 0.4) is 0 Å². The molecule has 0 radical (unpaired) electrons. The van der Waals surface area contributed by atoms with Crippen molar-refractivity contribution in [3.8, 4) is 5.75 Å². The summed E-state index contributed by atoms with van der Waals surface area (Å²) in [5, 5.41) is 0.855. The topological polar surface area (TPSA) is 41.9 Å². The lowest BCUT2D eigenvalue weighted by molar-refractivity contribution is -0.113. The first kappa shape index (κ1) is 16.5. The quantitative estimate of drug-likeness (QED) is 0.712. The number of fused-ring (bicyclic) bond motifs is 1. The Morgan fingerprint density at radius 2 is 2.00 bits per heavy atom. The van der Waals surface area contributed by atoms with Gasteiger partial charge in [0.2, 0.25) is 0 Å². The molecule has 3 heterocycles. The van der Waals surface area contributed by atoms with Gasteiger partial charge in [0.05, 0.1) is 4.91 Å². The van der Waals surface area contributed by atoms with Gasteiger partial charge in [0.1, 0.15) is 11.9 Å². The zero-order valence-electron chi connectivity index (χ0n) is 14.6. The maximum absolute atomic E-state index is 12.3. The summed E-state index contributed by atoms with van der Waals surface area (Å²) in [6, 6.07) is 7.97. The number of nitrogens with zero attached hydrogens (tertiary/aromatic N) is 2. The second kappa shape index (κ2) is 6.71. The van der Waals surface area contributed by atoms with Gasteiger partial charge < -0.3 is 9.64 Å². The summed E-state index contributed by atoms with van der Waals surface area (Å²) in [4.78, 5) is 19.6. The molecule has 4 rings (SSSR count). The normalized spacial score (nSPS) is 25.5. The molecular formula is C20H22N2O2S. The molecule has 0 bridgehead atoms. The number of hydrogen-bond acceptors (Lipinski definition) is 4. The molecule has 1 unspecified atom stereocenters.